The summed E-state index contributed by atoms with van der Waals surface area (Å²) in [6.45, 7) is 3.45. The van der Waals surface area contributed by atoms with Gasteiger partial charge in [-0.3, -0.25) is 14.5 Å². The molecule has 0 spiro atoms. The third-order valence-corrected chi connectivity index (χ3v) is 7.08. The lowest BCUT2D eigenvalue weighted by Gasteiger charge is -2.35. The summed E-state index contributed by atoms with van der Waals surface area (Å²) in [5.41, 5.74) is 4.41. The number of carbonyl (C=O) groups excluding carboxylic acids is 2. The molecule has 0 bridgehead atoms. The van der Waals surface area contributed by atoms with E-state index < -0.39 is 0 Å². The molecule has 1 aliphatic carbocycles. The van der Waals surface area contributed by atoms with Gasteiger partial charge in [0.05, 0.1) is 25.2 Å². The zero-order valence-electron chi connectivity index (χ0n) is 18.8. The van der Waals surface area contributed by atoms with Crippen molar-refractivity contribution >= 4 is 17.5 Å². The Morgan fingerprint density at radius 2 is 1.94 bits per heavy atom. The van der Waals surface area contributed by atoms with Crippen LogP contribution in [0.2, 0.25) is 0 Å². The molecular weight excluding hydrogens is 421 g/mol. The van der Waals surface area contributed by atoms with Gasteiger partial charge in [-0.25, -0.2) is 4.39 Å². The molecule has 7 heteroatoms. The van der Waals surface area contributed by atoms with Gasteiger partial charge in [-0.1, -0.05) is 18.2 Å². The largest absolute Gasteiger partial charge is 0.379 e. The van der Waals surface area contributed by atoms with Crippen LogP contribution in [0, 0.1) is 11.7 Å². The summed E-state index contributed by atoms with van der Waals surface area (Å²) in [6.07, 6.45) is 3.53. The lowest BCUT2D eigenvalue weighted by Crippen LogP contribution is -2.45. The lowest BCUT2D eigenvalue weighted by molar-refractivity contribution is -0.126. The number of ether oxygens (including phenoxy) is 1. The van der Waals surface area contributed by atoms with E-state index in [2.05, 4.69) is 22.3 Å². The molecule has 2 amide bonds. The van der Waals surface area contributed by atoms with Crippen molar-refractivity contribution in [3.05, 3.63) is 65.0 Å². The van der Waals surface area contributed by atoms with Crippen molar-refractivity contribution in [2.75, 3.05) is 44.3 Å². The number of rotatable bonds is 6. The molecule has 2 aromatic carbocycles. The number of fused-ring (bicyclic) bond motifs is 1. The van der Waals surface area contributed by atoms with Gasteiger partial charge in [0.25, 0.3) is 0 Å². The van der Waals surface area contributed by atoms with E-state index in [0.717, 1.165) is 43.6 Å². The van der Waals surface area contributed by atoms with Gasteiger partial charge in [-0.15, -0.1) is 0 Å². The highest BCUT2D eigenvalue weighted by atomic mass is 19.1. The molecule has 2 unspecified atom stereocenters. The zero-order valence-corrected chi connectivity index (χ0v) is 18.8. The predicted octanol–water partition coefficient (Wildman–Crippen LogP) is 2.86. The van der Waals surface area contributed by atoms with E-state index in [9.17, 15) is 14.0 Å². The number of halogens is 1. The number of hydrogen-bond acceptors (Lipinski definition) is 4. The summed E-state index contributed by atoms with van der Waals surface area (Å²) in [4.78, 5) is 29.7. The summed E-state index contributed by atoms with van der Waals surface area (Å²) >= 11 is 0. The molecule has 6 nitrogen and oxygen atoms in total. The van der Waals surface area contributed by atoms with Gasteiger partial charge in [0.15, 0.2) is 0 Å². The number of aryl methyl sites for hydroxylation is 2. The first-order chi connectivity index (χ1) is 16.1. The summed E-state index contributed by atoms with van der Waals surface area (Å²) in [5.74, 6) is -0.809. The number of nitrogens with one attached hydrogen (secondary N) is 1. The SMILES string of the molecule is O=C(NCC(c1cccc(F)c1)N1CCOCC1)C1CC(=O)N(c2ccc3c(c2)CCC3)C1. The second-order valence-corrected chi connectivity index (χ2v) is 9.18. The lowest BCUT2D eigenvalue weighted by atomic mass is 10.0. The van der Waals surface area contributed by atoms with Crippen LogP contribution in [0.1, 0.15) is 35.6 Å². The number of carbonyl (C=O) groups is 2. The molecule has 0 aromatic heterocycles. The molecule has 174 valence electrons. The van der Waals surface area contributed by atoms with Crippen LogP contribution < -0.4 is 10.2 Å². The highest BCUT2D eigenvalue weighted by molar-refractivity contribution is 6.00. The standard InChI is InChI=1S/C26H30FN3O3/c27-22-6-2-5-20(13-22)24(29-9-11-33-12-10-29)16-28-26(32)21-15-25(31)30(17-21)23-8-7-18-3-1-4-19(18)14-23/h2,5-8,13-14,21,24H,1,3-4,9-12,15-17H2,(H,28,32). The van der Waals surface area contributed by atoms with Crippen molar-refractivity contribution in [1.29, 1.82) is 0 Å². The Labute approximate surface area is 193 Å². The molecule has 3 aliphatic rings. The maximum absolute atomic E-state index is 13.9. The number of benzene rings is 2. The maximum Gasteiger partial charge on any atom is 0.227 e. The highest BCUT2D eigenvalue weighted by Crippen LogP contribution is 2.31. The minimum Gasteiger partial charge on any atom is -0.379 e. The summed E-state index contributed by atoms with van der Waals surface area (Å²) in [7, 11) is 0. The minimum atomic E-state index is -0.386. The van der Waals surface area contributed by atoms with Crippen LogP contribution in [0.15, 0.2) is 42.5 Å². The molecule has 2 aromatic rings. The number of anilines is 1. The molecule has 1 N–H and O–H groups in total. The predicted molar refractivity (Wildman–Crippen MR) is 123 cm³/mol. The van der Waals surface area contributed by atoms with Crippen LogP contribution in [-0.4, -0.2) is 56.1 Å². The quantitative estimate of drug-likeness (QED) is 0.734. The normalized spacial score (nSPS) is 21.8. The van der Waals surface area contributed by atoms with Gasteiger partial charge in [0.1, 0.15) is 5.82 Å². The van der Waals surface area contributed by atoms with Crippen molar-refractivity contribution in [2.24, 2.45) is 5.92 Å². The zero-order chi connectivity index (χ0) is 22.8. The third kappa shape index (κ3) is 4.80. The first-order valence-corrected chi connectivity index (χ1v) is 11.9. The van der Waals surface area contributed by atoms with Crippen LogP contribution in [0.3, 0.4) is 0 Å². The van der Waals surface area contributed by atoms with Crippen LogP contribution in [-0.2, 0) is 27.2 Å². The van der Waals surface area contributed by atoms with Crippen molar-refractivity contribution in [3.63, 3.8) is 0 Å². The topological polar surface area (TPSA) is 61.9 Å². The second kappa shape index (κ2) is 9.61. The molecular formula is C26H30FN3O3. The number of amides is 2. The first-order valence-electron chi connectivity index (χ1n) is 11.9. The molecule has 0 radical (unpaired) electrons. The van der Waals surface area contributed by atoms with E-state index in [0.29, 0.717) is 26.3 Å². The molecule has 0 saturated carbocycles. The van der Waals surface area contributed by atoms with Crippen LogP contribution in [0.25, 0.3) is 0 Å². The van der Waals surface area contributed by atoms with E-state index in [1.54, 1.807) is 11.0 Å². The third-order valence-electron chi connectivity index (χ3n) is 7.08. The van der Waals surface area contributed by atoms with Crippen LogP contribution >= 0.6 is 0 Å². The Balaban J connectivity index is 1.25. The van der Waals surface area contributed by atoms with E-state index in [1.807, 2.05) is 12.1 Å². The monoisotopic (exact) mass is 451 g/mol. The van der Waals surface area contributed by atoms with Crippen molar-refractivity contribution in [3.8, 4) is 0 Å². The summed E-state index contributed by atoms with van der Waals surface area (Å²) in [6, 6.07) is 12.6. The Kier molecular flexibility index (Phi) is 6.42. The molecule has 33 heavy (non-hydrogen) atoms. The van der Waals surface area contributed by atoms with E-state index in [4.69, 9.17) is 4.74 Å². The average molecular weight is 452 g/mol. The fourth-order valence-electron chi connectivity index (χ4n) is 5.26. The average Bonchev–Trinajstić information content (AvgIpc) is 3.46. The first kappa shape index (κ1) is 22.0. The van der Waals surface area contributed by atoms with E-state index in [1.165, 1.54) is 23.3 Å². The Bertz CT molecular complexity index is 1040. The maximum atomic E-state index is 13.9. The molecule has 2 aliphatic heterocycles. The fourth-order valence-corrected chi connectivity index (χ4v) is 5.26. The molecule has 2 heterocycles. The summed E-state index contributed by atoms with van der Waals surface area (Å²) < 4.78 is 19.4. The smallest absolute Gasteiger partial charge is 0.227 e. The number of morpholine rings is 1. The number of nitrogens with zero attached hydrogens (tertiary/aromatic N) is 2. The van der Waals surface area contributed by atoms with Crippen molar-refractivity contribution in [1.82, 2.24) is 10.2 Å². The van der Waals surface area contributed by atoms with E-state index >= 15 is 0 Å². The Morgan fingerprint density at radius 1 is 1.12 bits per heavy atom. The second-order valence-electron chi connectivity index (χ2n) is 9.18. The van der Waals surface area contributed by atoms with Crippen molar-refractivity contribution in [2.45, 2.75) is 31.7 Å². The Morgan fingerprint density at radius 3 is 2.76 bits per heavy atom. The van der Waals surface area contributed by atoms with Gasteiger partial charge >= 0.3 is 0 Å². The van der Waals surface area contributed by atoms with Gasteiger partial charge in [0.2, 0.25) is 11.8 Å². The van der Waals surface area contributed by atoms with Crippen LogP contribution in [0.5, 0.6) is 0 Å². The number of hydrogen-bond donors (Lipinski definition) is 1. The highest BCUT2D eigenvalue weighted by Gasteiger charge is 2.36. The molecule has 5 rings (SSSR count). The summed E-state index contributed by atoms with van der Waals surface area (Å²) in [5, 5.41) is 3.05. The van der Waals surface area contributed by atoms with Gasteiger partial charge in [-0.2, -0.15) is 0 Å². The van der Waals surface area contributed by atoms with Gasteiger partial charge in [-0.05, 0) is 60.2 Å². The molecule has 2 atom stereocenters. The minimum absolute atomic E-state index is 0.0112. The van der Waals surface area contributed by atoms with E-state index in [-0.39, 0.29) is 36.0 Å². The Hall–Kier alpha value is -2.77. The van der Waals surface area contributed by atoms with Gasteiger partial charge < -0.3 is 15.0 Å². The van der Waals surface area contributed by atoms with Crippen LogP contribution in [0.4, 0.5) is 10.1 Å². The molecule has 2 fully saturated rings. The fraction of sp³-hybridized carbons (Fsp3) is 0.462. The van der Waals surface area contributed by atoms with Gasteiger partial charge in [0, 0.05) is 38.3 Å². The van der Waals surface area contributed by atoms with Crippen molar-refractivity contribution < 1.29 is 18.7 Å². The molecule has 2 saturated heterocycles.